The van der Waals surface area contributed by atoms with E-state index in [9.17, 15) is 0 Å². The van der Waals surface area contributed by atoms with Crippen molar-refractivity contribution in [2.75, 3.05) is 0 Å². The van der Waals surface area contributed by atoms with Crippen molar-refractivity contribution in [1.82, 2.24) is 19.6 Å². The largest absolute Gasteiger partial charge is 0.337 e. The molecule has 0 radical (unpaired) electrons. The number of benzene rings is 1. The van der Waals surface area contributed by atoms with Gasteiger partial charge >= 0.3 is 0 Å². The van der Waals surface area contributed by atoms with Gasteiger partial charge < -0.3 is 4.98 Å². The van der Waals surface area contributed by atoms with Crippen molar-refractivity contribution < 1.29 is 0 Å². The average molecular weight is 327 g/mol. The first kappa shape index (κ1) is 13.8. The first-order valence-electron chi connectivity index (χ1n) is 6.04. The number of hydrogen-bond acceptors (Lipinski definition) is 4. The van der Waals surface area contributed by atoms with Crippen molar-refractivity contribution in [3.8, 4) is 10.7 Å². The lowest BCUT2D eigenvalue weighted by molar-refractivity contribution is 0.568. The molecule has 0 amide bonds. The summed E-state index contributed by atoms with van der Waals surface area (Å²) in [4.78, 5) is 8.76. The quantitative estimate of drug-likeness (QED) is 0.706. The van der Waals surface area contributed by atoms with E-state index >= 15 is 0 Å². The van der Waals surface area contributed by atoms with Crippen molar-refractivity contribution in [2.45, 2.75) is 26.2 Å². The summed E-state index contributed by atoms with van der Waals surface area (Å²) in [5.74, 6) is 0.748. The molecule has 0 saturated heterocycles. The third-order valence-electron chi connectivity index (χ3n) is 2.94. The van der Waals surface area contributed by atoms with Crippen LogP contribution in [-0.4, -0.2) is 19.6 Å². The summed E-state index contributed by atoms with van der Waals surface area (Å²) in [6, 6.07) is 3.53. The summed E-state index contributed by atoms with van der Waals surface area (Å²) in [5, 5.41) is 5.23. The topological polar surface area (TPSA) is 54.5 Å². The number of imidazole rings is 1. The lowest BCUT2D eigenvalue weighted by atomic mass is 9.91. The van der Waals surface area contributed by atoms with Crippen molar-refractivity contribution in [3.63, 3.8) is 0 Å². The van der Waals surface area contributed by atoms with Gasteiger partial charge in [-0.15, -0.1) is 5.10 Å². The molecule has 3 aromatic rings. The van der Waals surface area contributed by atoms with Crippen LogP contribution in [0.4, 0.5) is 0 Å². The second kappa shape index (κ2) is 4.69. The molecule has 2 aromatic heterocycles. The Hall–Kier alpha value is -1.17. The van der Waals surface area contributed by atoms with Gasteiger partial charge in [0.25, 0.3) is 0 Å². The Morgan fingerprint density at radius 3 is 2.55 bits per heavy atom. The molecule has 0 spiro atoms. The van der Waals surface area contributed by atoms with Crippen molar-refractivity contribution >= 4 is 45.8 Å². The van der Waals surface area contributed by atoms with Gasteiger partial charge in [-0.05, 0) is 23.7 Å². The standard InChI is InChI=1S/C13H12Cl2N4S/c1-13(2,3)11-10(20-19-18-11)12-16-8-4-6(14)7(15)5-9(8)17-12/h4-5H,1-3H3,(H,16,17). The summed E-state index contributed by atoms with van der Waals surface area (Å²) < 4.78 is 4.05. The van der Waals surface area contributed by atoms with Gasteiger partial charge in [0.15, 0.2) is 5.82 Å². The third-order valence-corrected chi connectivity index (χ3v) is 4.39. The second-order valence-corrected chi connectivity index (χ2v) is 7.14. The van der Waals surface area contributed by atoms with Gasteiger partial charge in [-0.25, -0.2) is 4.98 Å². The molecule has 0 bridgehead atoms. The predicted molar refractivity (Wildman–Crippen MR) is 83.7 cm³/mol. The molecular weight excluding hydrogens is 315 g/mol. The Labute approximate surface area is 130 Å². The average Bonchev–Trinajstić information content (AvgIpc) is 2.94. The lowest BCUT2D eigenvalue weighted by Gasteiger charge is -2.15. The Bertz CT molecular complexity index is 746. The maximum absolute atomic E-state index is 6.02. The molecule has 0 atom stereocenters. The summed E-state index contributed by atoms with van der Waals surface area (Å²) in [5.41, 5.74) is 2.47. The van der Waals surface area contributed by atoms with E-state index in [0.29, 0.717) is 10.0 Å². The van der Waals surface area contributed by atoms with E-state index in [0.717, 1.165) is 27.4 Å². The highest BCUT2D eigenvalue weighted by molar-refractivity contribution is 7.09. The Morgan fingerprint density at radius 1 is 1.15 bits per heavy atom. The van der Waals surface area contributed by atoms with Crippen molar-refractivity contribution in [2.24, 2.45) is 0 Å². The van der Waals surface area contributed by atoms with Crippen LogP contribution in [0.1, 0.15) is 26.5 Å². The Morgan fingerprint density at radius 2 is 1.85 bits per heavy atom. The van der Waals surface area contributed by atoms with Gasteiger partial charge in [0.2, 0.25) is 0 Å². The van der Waals surface area contributed by atoms with Crippen LogP contribution in [0.5, 0.6) is 0 Å². The molecule has 1 aromatic carbocycles. The van der Waals surface area contributed by atoms with Gasteiger partial charge in [-0.2, -0.15) is 0 Å². The van der Waals surface area contributed by atoms with Gasteiger partial charge in [0.05, 0.1) is 26.8 Å². The fraction of sp³-hybridized carbons (Fsp3) is 0.308. The van der Waals surface area contributed by atoms with E-state index in [4.69, 9.17) is 23.2 Å². The molecule has 7 heteroatoms. The van der Waals surface area contributed by atoms with Crippen LogP contribution >= 0.6 is 34.7 Å². The number of aromatic amines is 1. The number of nitrogens with one attached hydrogen (secondary N) is 1. The molecule has 0 aliphatic carbocycles. The minimum absolute atomic E-state index is 0.0867. The maximum Gasteiger partial charge on any atom is 0.152 e. The molecule has 104 valence electrons. The summed E-state index contributed by atoms with van der Waals surface area (Å²) >= 11 is 13.4. The predicted octanol–water partition coefficient (Wildman–Crippen LogP) is 4.69. The molecule has 0 fully saturated rings. The van der Waals surface area contributed by atoms with Crippen LogP contribution < -0.4 is 0 Å². The minimum Gasteiger partial charge on any atom is -0.337 e. The maximum atomic E-state index is 6.02. The van der Waals surface area contributed by atoms with Crippen LogP contribution in [0.15, 0.2) is 12.1 Å². The Balaban J connectivity index is 2.19. The molecule has 3 rings (SSSR count). The van der Waals surface area contributed by atoms with Crippen LogP contribution in [0.2, 0.25) is 10.0 Å². The fourth-order valence-corrected chi connectivity index (χ4v) is 3.09. The summed E-state index contributed by atoms with van der Waals surface area (Å²) in [6.07, 6.45) is 0. The molecular formula is C13H12Cl2N4S. The zero-order valence-corrected chi connectivity index (χ0v) is 13.5. The zero-order chi connectivity index (χ0) is 14.5. The fourth-order valence-electron chi connectivity index (χ4n) is 1.95. The Kier molecular flexibility index (Phi) is 3.23. The van der Waals surface area contributed by atoms with E-state index in [1.165, 1.54) is 11.5 Å². The highest BCUT2D eigenvalue weighted by Gasteiger charge is 2.25. The second-order valence-electron chi connectivity index (χ2n) is 5.57. The highest BCUT2D eigenvalue weighted by Crippen LogP contribution is 2.34. The monoisotopic (exact) mass is 326 g/mol. The molecule has 2 heterocycles. The van der Waals surface area contributed by atoms with E-state index in [1.807, 2.05) is 0 Å². The molecule has 0 aliphatic rings. The minimum atomic E-state index is -0.0867. The zero-order valence-electron chi connectivity index (χ0n) is 11.2. The van der Waals surface area contributed by atoms with Crippen LogP contribution in [-0.2, 0) is 5.41 Å². The number of halogens is 2. The molecule has 1 N–H and O–H groups in total. The van der Waals surface area contributed by atoms with E-state index in [2.05, 4.69) is 40.3 Å². The van der Waals surface area contributed by atoms with Crippen LogP contribution in [0.3, 0.4) is 0 Å². The van der Waals surface area contributed by atoms with Crippen LogP contribution in [0, 0.1) is 0 Å². The van der Waals surface area contributed by atoms with Gasteiger partial charge in [-0.3, -0.25) is 0 Å². The first-order valence-corrected chi connectivity index (χ1v) is 7.57. The highest BCUT2D eigenvalue weighted by atomic mass is 35.5. The molecule has 0 saturated carbocycles. The molecule has 0 unspecified atom stereocenters. The van der Waals surface area contributed by atoms with E-state index < -0.39 is 0 Å². The van der Waals surface area contributed by atoms with Gasteiger partial charge in [-0.1, -0.05) is 48.5 Å². The number of aromatic nitrogens is 4. The number of hydrogen-bond donors (Lipinski definition) is 1. The van der Waals surface area contributed by atoms with E-state index in [-0.39, 0.29) is 5.41 Å². The molecule has 4 nitrogen and oxygen atoms in total. The number of H-pyrrole nitrogens is 1. The normalized spacial score (nSPS) is 12.2. The van der Waals surface area contributed by atoms with Gasteiger partial charge in [0.1, 0.15) is 4.88 Å². The van der Waals surface area contributed by atoms with Crippen LogP contribution in [0.25, 0.3) is 21.7 Å². The molecule has 20 heavy (non-hydrogen) atoms. The lowest BCUT2D eigenvalue weighted by Crippen LogP contribution is -2.13. The number of nitrogens with zero attached hydrogens (tertiary/aromatic N) is 3. The smallest absolute Gasteiger partial charge is 0.152 e. The number of fused-ring (bicyclic) bond motifs is 1. The summed E-state index contributed by atoms with van der Waals surface area (Å²) in [6.45, 7) is 6.30. The van der Waals surface area contributed by atoms with E-state index in [1.54, 1.807) is 12.1 Å². The van der Waals surface area contributed by atoms with Crippen molar-refractivity contribution in [3.05, 3.63) is 27.9 Å². The number of rotatable bonds is 1. The SMILES string of the molecule is CC(C)(C)c1nnsc1-c1nc2cc(Cl)c(Cl)cc2[nH]1. The summed E-state index contributed by atoms with van der Waals surface area (Å²) in [7, 11) is 0. The van der Waals surface area contributed by atoms with Gasteiger partial charge in [0, 0.05) is 5.41 Å². The first-order chi connectivity index (χ1) is 9.36. The van der Waals surface area contributed by atoms with Crippen molar-refractivity contribution in [1.29, 1.82) is 0 Å². The molecule has 0 aliphatic heterocycles. The third kappa shape index (κ3) is 2.30.